The normalized spacial score (nSPS) is 11.8. The predicted molar refractivity (Wildman–Crippen MR) is 86.6 cm³/mol. The molecule has 0 spiro atoms. The second-order valence-electron chi connectivity index (χ2n) is 4.81. The number of nitrogens with zero attached hydrogens (tertiary/aromatic N) is 1. The summed E-state index contributed by atoms with van der Waals surface area (Å²) in [6.45, 7) is 1.81. The van der Waals surface area contributed by atoms with Crippen molar-refractivity contribution < 1.29 is 14.3 Å². The Morgan fingerprint density at radius 1 is 1.41 bits per heavy atom. The fraction of sp³-hybridized carbons (Fsp3) is 0.333. The maximum absolute atomic E-state index is 11.9. The Labute approximate surface area is 133 Å². The van der Waals surface area contributed by atoms with Crippen molar-refractivity contribution in [2.45, 2.75) is 19.4 Å². The van der Waals surface area contributed by atoms with Gasteiger partial charge in [0, 0.05) is 17.8 Å². The Kier molecular flexibility index (Phi) is 5.74. The van der Waals surface area contributed by atoms with Gasteiger partial charge < -0.3 is 15.2 Å². The van der Waals surface area contributed by atoms with Gasteiger partial charge in [0.15, 0.2) is 23.2 Å². The summed E-state index contributed by atoms with van der Waals surface area (Å²) in [5.41, 5.74) is 6.60. The molecular formula is C15H19N3O3S. The van der Waals surface area contributed by atoms with E-state index >= 15 is 0 Å². The number of ether oxygens (including phenoxy) is 2. The van der Waals surface area contributed by atoms with Gasteiger partial charge >= 0.3 is 0 Å². The lowest BCUT2D eigenvalue weighted by Crippen LogP contribution is -2.20. The summed E-state index contributed by atoms with van der Waals surface area (Å²) in [6, 6.07) is 7.21. The number of amides is 1. The van der Waals surface area contributed by atoms with Gasteiger partial charge in [0.1, 0.15) is 0 Å². The van der Waals surface area contributed by atoms with Crippen molar-refractivity contribution in [3.05, 3.63) is 35.3 Å². The van der Waals surface area contributed by atoms with Gasteiger partial charge in [0.25, 0.3) is 5.91 Å². The van der Waals surface area contributed by atoms with E-state index < -0.39 is 0 Å². The van der Waals surface area contributed by atoms with Gasteiger partial charge in [-0.05, 0) is 19.1 Å². The maximum atomic E-state index is 11.9. The Morgan fingerprint density at radius 2 is 2.14 bits per heavy atom. The van der Waals surface area contributed by atoms with E-state index in [1.54, 1.807) is 19.2 Å². The van der Waals surface area contributed by atoms with Crippen LogP contribution in [-0.4, -0.2) is 30.6 Å². The molecule has 1 aromatic carbocycles. The third kappa shape index (κ3) is 4.71. The molecule has 0 saturated carbocycles. The highest BCUT2D eigenvalue weighted by molar-refractivity contribution is 7.13. The lowest BCUT2D eigenvalue weighted by molar-refractivity contribution is -0.118. The van der Waals surface area contributed by atoms with Crippen LogP contribution in [0, 0.1) is 0 Å². The highest BCUT2D eigenvalue weighted by Gasteiger charge is 2.10. The first-order chi connectivity index (χ1) is 10.6. The zero-order valence-corrected chi connectivity index (χ0v) is 13.4. The maximum Gasteiger partial charge on any atom is 0.264 e. The summed E-state index contributed by atoms with van der Waals surface area (Å²) in [4.78, 5) is 16.2. The van der Waals surface area contributed by atoms with E-state index in [1.165, 1.54) is 11.3 Å². The molecule has 0 aliphatic heterocycles. The second kappa shape index (κ2) is 7.77. The van der Waals surface area contributed by atoms with Crippen molar-refractivity contribution in [2.24, 2.45) is 5.73 Å². The molecule has 118 valence electrons. The summed E-state index contributed by atoms with van der Waals surface area (Å²) in [5.74, 6) is 0.841. The molecule has 1 aromatic heterocycles. The standard InChI is InChI=1S/C15H19N3O3S/c1-10(16)7-11-9-22-15(17-11)18-14(19)8-21-13-6-4-3-5-12(13)20-2/h3-6,9-10H,7-8,16H2,1-2H3,(H,17,18,19). The van der Waals surface area contributed by atoms with Crippen molar-refractivity contribution in [2.75, 3.05) is 19.0 Å². The quantitative estimate of drug-likeness (QED) is 0.815. The van der Waals surface area contributed by atoms with Crippen LogP contribution in [0.2, 0.25) is 0 Å². The van der Waals surface area contributed by atoms with E-state index in [2.05, 4.69) is 10.3 Å². The lowest BCUT2D eigenvalue weighted by atomic mass is 10.2. The molecule has 1 atom stereocenters. The number of nitrogens with one attached hydrogen (secondary N) is 1. The third-order valence-corrected chi connectivity index (χ3v) is 3.56. The number of nitrogens with two attached hydrogens (primary N) is 1. The molecule has 0 aliphatic carbocycles. The molecule has 3 N–H and O–H groups in total. The van der Waals surface area contributed by atoms with Crippen LogP contribution in [0.4, 0.5) is 5.13 Å². The molecule has 6 nitrogen and oxygen atoms in total. The van der Waals surface area contributed by atoms with Crippen molar-refractivity contribution in [1.82, 2.24) is 4.98 Å². The van der Waals surface area contributed by atoms with E-state index in [1.807, 2.05) is 24.4 Å². The van der Waals surface area contributed by atoms with Crippen LogP contribution in [0.3, 0.4) is 0 Å². The number of benzene rings is 1. The predicted octanol–water partition coefficient (Wildman–Crippen LogP) is 2.06. The summed E-state index contributed by atoms with van der Waals surface area (Å²) in [7, 11) is 1.55. The minimum atomic E-state index is -0.271. The van der Waals surface area contributed by atoms with Crippen LogP contribution in [0.15, 0.2) is 29.6 Å². The van der Waals surface area contributed by atoms with Crippen molar-refractivity contribution in [3.8, 4) is 11.5 Å². The molecular weight excluding hydrogens is 302 g/mol. The molecule has 7 heteroatoms. The third-order valence-electron chi connectivity index (χ3n) is 2.76. The highest BCUT2D eigenvalue weighted by atomic mass is 32.1. The Morgan fingerprint density at radius 3 is 2.82 bits per heavy atom. The van der Waals surface area contributed by atoms with Crippen molar-refractivity contribution in [1.29, 1.82) is 0 Å². The largest absolute Gasteiger partial charge is 0.493 e. The van der Waals surface area contributed by atoms with Crippen LogP contribution in [-0.2, 0) is 11.2 Å². The van der Waals surface area contributed by atoms with Gasteiger partial charge in [-0.1, -0.05) is 12.1 Å². The van der Waals surface area contributed by atoms with E-state index in [0.717, 1.165) is 5.69 Å². The number of hydrogen-bond acceptors (Lipinski definition) is 6. The van der Waals surface area contributed by atoms with Crippen LogP contribution in [0.5, 0.6) is 11.5 Å². The van der Waals surface area contributed by atoms with Crippen LogP contribution in [0.1, 0.15) is 12.6 Å². The fourth-order valence-electron chi connectivity index (χ4n) is 1.82. The van der Waals surface area contributed by atoms with Gasteiger partial charge in [-0.3, -0.25) is 10.1 Å². The number of carbonyl (C=O) groups is 1. The molecule has 1 amide bonds. The first-order valence-corrected chi connectivity index (χ1v) is 7.72. The lowest BCUT2D eigenvalue weighted by Gasteiger charge is -2.09. The van der Waals surface area contributed by atoms with E-state index in [-0.39, 0.29) is 18.6 Å². The number of rotatable bonds is 7. The fourth-order valence-corrected chi connectivity index (χ4v) is 2.56. The summed E-state index contributed by atoms with van der Waals surface area (Å²) in [6.07, 6.45) is 0.685. The summed E-state index contributed by atoms with van der Waals surface area (Å²) >= 11 is 1.37. The van der Waals surface area contributed by atoms with Gasteiger partial charge in [-0.15, -0.1) is 11.3 Å². The number of carbonyl (C=O) groups excluding carboxylic acids is 1. The number of aromatic nitrogens is 1. The second-order valence-corrected chi connectivity index (χ2v) is 5.67. The molecule has 0 bridgehead atoms. The number of methoxy groups -OCH3 is 1. The summed E-state index contributed by atoms with van der Waals surface area (Å²) in [5, 5.41) is 5.14. The Balaban J connectivity index is 1.86. The molecule has 2 rings (SSSR count). The Bertz CT molecular complexity index is 628. The first-order valence-electron chi connectivity index (χ1n) is 6.84. The molecule has 1 unspecified atom stereocenters. The van der Waals surface area contributed by atoms with Gasteiger partial charge in [-0.2, -0.15) is 0 Å². The van der Waals surface area contributed by atoms with Gasteiger partial charge in [0.05, 0.1) is 12.8 Å². The molecule has 0 saturated heterocycles. The summed E-state index contributed by atoms with van der Waals surface area (Å²) < 4.78 is 10.6. The smallest absolute Gasteiger partial charge is 0.264 e. The SMILES string of the molecule is COc1ccccc1OCC(=O)Nc1nc(CC(C)N)cs1. The van der Waals surface area contributed by atoms with Crippen molar-refractivity contribution in [3.63, 3.8) is 0 Å². The zero-order chi connectivity index (χ0) is 15.9. The van der Waals surface area contributed by atoms with Crippen LogP contribution in [0.25, 0.3) is 0 Å². The zero-order valence-electron chi connectivity index (χ0n) is 12.5. The molecule has 0 aliphatic rings. The number of hydrogen-bond donors (Lipinski definition) is 2. The molecule has 0 fully saturated rings. The first kappa shape index (κ1) is 16.3. The molecule has 2 aromatic rings. The number of para-hydroxylation sites is 2. The van der Waals surface area contributed by atoms with Crippen LogP contribution < -0.4 is 20.5 Å². The average Bonchev–Trinajstić information content (AvgIpc) is 2.91. The van der Waals surface area contributed by atoms with Crippen LogP contribution >= 0.6 is 11.3 Å². The number of thiazole rings is 1. The van der Waals surface area contributed by atoms with E-state index in [0.29, 0.717) is 23.1 Å². The van der Waals surface area contributed by atoms with Gasteiger partial charge in [-0.25, -0.2) is 4.98 Å². The highest BCUT2D eigenvalue weighted by Crippen LogP contribution is 2.25. The molecule has 22 heavy (non-hydrogen) atoms. The topological polar surface area (TPSA) is 86.5 Å². The van der Waals surface area contributed by atoms with E-state index in [9.17, 15) is 4.79 Å². The average molecular weight is 321 g/mol. The molecule has 1 heterocycles. The van der Waals surface area contributed by atoms with E-state index in [4.69, 9.17) is 15.2 Å². The Hall–Kier alpha value is -2.12. The van der Waals surface area contributed by atoms with Crippen molar-refractivity contribution >= 4 is 22.4 Å². The number of anilines is 1. The molecule has 0 radical (unpaired) electrons. The minimum absolute atomic E-state index is 0.0412. The monoisotopic (exact) mass is 321 g/mol. The minimum Gasteiger partial charge on any atom is -0.493 e. The van der Waals surface area contributed by atoms with Gasteiger partial charge in [0.2, 0.25) is 0 Å².